The van der Waals surface area contributed by atoms with Crippen LogP contribution in [0, 0.1) is 11.2 Å². The molecule has 0 atom stereocenters. The van der Waals surface area contributed by atoms with Gasteiger partial charge in [0.1, 0.15) is 0 Å². The van der Waals surface area contributed by atoms with E-state index >= 15 is 0 Å². The van der Waals surface area contributed by atoms with Gasteiger partial charge in [-0.2, -0.15) is 0 Å². The molecule has 0 aliphatic carbocycles. The molecule has 0 aromatic rings. The molecule has 62 valence electrons. The van der Waals surface area contributed by atoms with E-state index in [-0.39, 0.29) is 0 Å². The first-order valence-corrected chi connectivity index (χ1v) is 4.59. The molecule has 0 radical (unpaired) electrons. The summed E-state index contributed by atoms with van der Waals surface area (Å²) in [6.07, 6.45) is 9.21. The first kappa shape index (κ1) is 10.7. The van der Waals surface area contributed by atoms with Crippen molar-refractivity contribution in [3.05, 3.63) is 12.7 Å². The van der Waals surface area contributed by atoms with Gasteiger partial charge in [-0.15, -0.1) is 6.58 Å². The van der Waals surface area contributed by atoms with Crippen molar-refractivity contribution in [2.75, 3.05) is 0 Å². The maximum Gasteiger partial charge on any atom is 0.00975 e. The number of hydrogen-bond donors (Lipinski definition) is 1. The highest BCUT2D eigenvalue weighted by atomic mass is 32.1. The highest BCUT2D eigenvalue weighted by Crippen LogP contribution is 2.04. The number of rotatable bonds is 6. The zero-order valence-electron chi connectivity index (χ0n) is 6.97. The number of thiol groups is 1. The topological polar surface area (TPSA) is 0 Å². The van der Waals surface area contributed by atoms with Crippen molar-refractivity contribution in [3.8, 4) is 11.2 Å². The lowest BCUT2D eigenvalue weighted by Gasteiger charge is -1.94. The van der Waals surface area contributed by atoms with Gasteiger partial charge in [-0.1, -0.05) is 37.5 Å². The second kappa shape index (κ2) is 9.65. The summed E-state index contributed by atoms with van der Waals surface area (Å²) in [7, 11) is 0. The fourth-order valence-corrected chi connectivity index (χ4v) is 1.02. The van der Waals surface area contributed by atoms with Crippen LogP contribution < -0.4 is 0 Å². The van der Waals surface area contributed by atoms with Crippen molar-refractivity contribution < 1.29 is 0 Å². The van der Waals surface area contributed by atoms with E-state index in [0.29, 0.717) is 0 Å². The summed E-state index contributed by atoms with van der Waals surface area (Å²) in [4.78, 5) is 0. The molecule has 0 unspecified atom stereocenters. The Morgan fingerprint density at radius 2 is 1.91 bits per heavy atom. The lowest BCUT2D eigenvalue weighted by Crippen LogP contribution is -1.76. The van der Waals surface area contributed by atoms with Crippen LogP contribution in [0.2, 0.25) is 0 Å². The Kier molecular flexibility index (Phi) is 9.34. The molecule has 0 aromatic carbocycles. The van der Waals surface area contributed by atoms with E-state index in [4.69, 9.17) is 0 Å². The van der Waals surface area contributed by atoms with Crippen molar-refractivity contribution in [1.82, 2.24) is 0 Å². The highest BCUT2D eigenvalue weighted by molar-refractivity contribution is 7.85. The van der Waals surface area contributed by atoms with Gasteiger partial charge in [0.15, 0.2) is 0 Å². The van der Waals surface area contributed by atoms with E-state index in [2.05, 4.69) is 30.4 Å². The molecule has 0 heterocycles. The van der Waals surface area contributed by atoms with Gasteiger partial charge in [0.2, 0.25) is 0 Å². The van der Waals surface area contributed by atoms with E-state index in [1.54, 1.807) is 0 Å². The lowest BCUT2D eigenvalue weighted by molar-refractivity contribution is 0.657. The molecule has 1 heteroatoms. The molecule has 0 aromatic heterocycles. The summed E-state index contributed by atoms with van der Waals surface area (Å²) < 4.78 is 0. The molecule has 0 spiro atoms. The van der Waals surface area contributed by atoms with E-state index in [9.17, 15) is 0 Å². The maximum absolute atomic E-state index is 3.80. The molecule has 0 N–H and O–H groups in total. The SMILES string of the molecule is C=CCCCCCCC#CS. The van der Waals surface area contributed by atoms with Crippen LogP contribution in [0.5, 0.6) is 0 Å². The molecular formula is C10H16S. The first-order chi connectivity index (χ1) is 5.41. The van der Waals surface area contributed by atoms with Crippen LogP contribution in [0.1, 0.15) is 38.5 Å². The Morgan fingerprint density at radius 3 is 2.55 bits per heavy atom. The standard InChI is InChI=1S/C10H16S/c1-2-3-4-5-6-7-8-9-10-11/h2,11H,1,3-8H2. The molecule has 0 nitrogen and oxygen atoms in total. The second-order valence-corrected chi connectivity index (χ2v) is 2.75. The summed E-state index contributed by atoms with van der Waals surface area (Å²) in [5.41, 5.74) is 0. The molecule has 0 amide bonds. The summed E-state index contributed by atoms with van der Waals surface area (Å²) >= 11 is 3.80. The summed E-state index contributed by atoms with van der Waals surface area (Å²) in [5, 5.41) is 2.60. The minimum atomic E-state index is 0.998. The van der Waals surface area contributed by atoms with Gasteiger partial charge < -0.3 is 0 Å². The Bertz CT molecular complexity index is 139. The molecule has 11 heavy (non-hydrogen) atoms. The van der Waals surface area contributed by atoms with Crippen LogP contribution >= 0.6 is 12.6 Å². The van der Waals surface area contributed by atoms with Crippen molar-refractivity contribution >= 4 is 12.6 Å². The lowest BCUT2D eigenvalue weighted by atomic mass is 10.1. The number of allylic oxidation sites excluding steroid dienone is 1. The van der Waals surface area contributed by atoms with Crippen molar-refractivity contribution in [2.24, 2.45) is 0 Å². The monoisotopic (exact) mass is 168 g/mol. The molecule has 0 saturated heterocycles. The smallest absolute Gasteiger partial charge is 0.00975 e. The minimum Gasteiger partial charge on any atom is -0.103 e. The Hall–Kier alpha value is -0.350. The van der Waals surface area contributed by atoms with Crippen molar-refractivity contribution in [2.45, 2.75) is 38.5 Å². The summed E-state index contributed by atoms with van der Waals surface area (Å²) in [6.45, 7) is 3.68. The van der Waals surface area contributed by atoms with Gasteiger partial charge in [0.05, 0.1) is 0 Å². The van der Waals surface area contributed by atoms with E-state index in [1.165, 1.54) is 25.7 Å². The van der Waals surface area contributed by atoms with Gasteiger partial charge in [-0.25, -0.2) is 0 Å². The van der Waals surface area contributed by atoms with Gasteiger partial charge in [-0.3, -0.25) is 0 Å². The molecule has 0 bridgehead atoms. The normalized spacial score (nSPS) is 8.45. The van der Waals surface area contributed by atoms with Gasteiger partial charge in [0.25, 0.3) is 0 Å². The number of hydrogen-bond acceptors (Lipinski definition) is 1. The fourth-order valence-electron chi connectivity index (χ4n) is 0.912. The van der Waals surface area contributed by atoms with Crippen LogP contribution in [-0.4, -0.2) is 0 Å². The molecule has 0 saturated carbocycles. The summed E-state index contributed by atoms with van der Waals surface area (Å²) in [6, 6.07) is 0. The van der Waals surface area contributed by atoms with E-state index < -0.39 is 0 Å². The summed E-state index contributed by atoms with van der Waals surface area (Å²) in [5.74, 6) is 2.93. The van der Waals surface area contributed by atoms with Gasteiger partial charge >= 0.3 is 0 Å². The van der Waals surface area contributed by atoms with Crippen LogP contribution in [0.25, 0.3) is 0 Å². The van der Waals surface area contributed by atoms with E-state index in [0.717, 1.165) is 12.8 Å². The highest BCUT2D eigenvalue weighted by Gasteiger charge is 1.85. The van der Waals surface area contributed by atoms with Crippen LogP contribution in [0.3, 0.4) is 0 Å². The molecule has 0 rings (SSSR count). The zero-order valence-corrected chi connectivity index (χ0v) is 7.87. The third-order valence-electron chi connectivity index (χ3n) is 1.54. The average molecular weight is 168 g/mol. The second-order valence-electron chi connectivity index (χ2n) is 2.53. The Labute approximate surface area is 75.5 Å². The quantitative estimate of drug-likeness (QED) is 0.267. The predicted octanol–water partition coefficient (Wildman–Crippen LogP) is 3.40. The van der Waals surface area contributed by atoms with Crippen molar-refractivity contribution in [3.63, 3.8) is 0 Å². The predicted molar refractivity (Wildman–Crippen MR) is 54.7 cm³/mol. The molecular weight excluding hydrogens is 152 g/mol. The average Bonchev–Trinajstić information content (AvgIpc) is 2.03. The minimum absolute atomic E-state index is 0.998. The van der Waals surface area contributed by atoms with Crippen LogP contribution in [0.15, 0.2) is 12.7 Å². The number of unbranched alkanes of at least 4 members (excludes halogenated alkanes) is 5. The van der Waals surface area contributed by atoms with Crippen molar-refractivity contribution in [1.29, 1.82) is 0 Å². The molecule has 0 aliphatic rings. The van der Waals surface area contributed by atoms with E-state index in [1.807, 2.05) is 6.08 Å². The largest absolute Gasteiger partial charge is 0.103 e. The first-order valence-electron chi connectivity index (χ1n) is 4.14. The van der Waals surface area contributed by atoms with Crippen LogP contribution in [-0.2, 0) is 0 Å². The third-order valence-corrected chi connectivity index (χ3v) is 1.70. The fraction of sp³-hybridized carbons (Fsp3) is 0.600. The Balaban J connectivity index is 2.88. The Morgan fingerprint density at radius 1 is 1.18 bits per heavy atom. The maximum atomic E-state index is 3.80. The molecule has 0 aliphatic heterocycles. The van der Waals surface area contributed by atoms with Gasteiger partial charge in [0, 0.05) is 6.42 Å². The zero-order chi connectivity index (χ0) is 8.36. The van der Waals surface area contributed by atoms with Gasteiger partial charge in [-0.05, 0) is 24.5 Å². The van der Waals surface area contributed by atoms with Crippen LogP contribution in [0.4, 0.5) is 0 Å². The third kappa shape index (κ3) is 9.65. The molecule has 0 fully saturated rings.